The van der Waals surface area contributed by atoms with Gasteiger partial charge in [0.15, 0.2) is 0 Å². The molecule has 1 N–H and O–H groups in total. The molecule has 0 spiro atoms. The molecule has 0 radical (unpaired) electrons. The fourth-order valence-electron chi connectivity index (χ4n) is 0.918. The van der Waals surface area contributed by atoms with E-state index in [-0.39, 0.29) is 0 Å². The van der Waals surface area contributed by atoms with Crippen LogP contribution in [0.4, 0.5) is 0 Å². The lowest BCUT2D eigenvalue weighted by atomic mass is 10.2. The van der Waals surface area contributed by atoms with Gasteiger partial charge in [0, 0.05) is 11.9 Å². The van der Waals surface area contributed by atoms with Gasteiger partial charge >= 0.3 is 0 Å². The fraction of sp³-hybridized carbons (Fsp3) is 0.444. The van der Waals surface area contributed by atoms with E-state index < -0.39 is 0 Å². The summed E-state index contributed by atoms with van der Waals surface area (Å²) in [6, 6.07) is 0. The van der Waals surface area contributed by atoms with Gasteiger partial charge in [-0.15, -0.1) is 0 Å². The molecule has 0 atom stereocenters. The first-order valence-electron chi connectivity index (χ1n) is 3.90. The first-order chi connectivity index (χ1) is 5.29. The summed E-state index contributed by atoms with van der Waals surface area (Å²) in [5, 5.41) is 3.14. The maximum atomic E-state index is 4.23. The van der Waals surface area contributed by atoms with Gasteiger partial charge in [0.1, 0.15) is 0 Å². The molecule has 0 bridgehead atoms. The molecule has 0 saturated carbocycles. The molecule has 0 aromatic rings. The first kappa shape index (κ1) is 8.05. The van der Waals surface area contributed by atoms with Crippen molar-refractivity contribution in [1.29, 1.82) is 0 Å². The lowest BCUT2D eigenvalue weighted by Crippen LogP contribution is -2.13. The van der Waals surface area contributed by atoms with Gasteiger partial charge in [0.25, 0.3) is 0 Å². The maximum Gasteiger partial charge on any atom is 0.0566 e. The van der Waals surface area contributed by atoms with E-state index in [1.165, 1.54) is 0 Å². The molecule has 2 heteroatoms. The number of hydrogen-bond acceptors (Lipinski definition) is 2. The molecule has 2 nitrogen and oxygen atoms in total. The third-order valence-corrected chi connectivity index (χ3v) is 1.50. The van der Waals surface area contributed by atoms with Gasteiger partial charge in [-0.1, -0.05) is 12.7 Å². The smallest absolute Gasteiger partial charge is 0.0566 e. The Kier molecular flexibility index (Phi) is 2.90. The van der Waals surface area contributed by atoms with Crippen LogP contribution >= 0.6 is 0 Å². The summed E-state index contributed by atoms with van der Waals surface area (Å²) in [6.45, 7) is 6.51. The van der Waals surface area contributed by atoms with Gasteiger partial charge < -0.3 is 5.32 Å². The zero-order chi connectivity index (χ0) is 8.10. The molecule has 0 unspecified atom stereocenters. The molecule has 0 saturated heterocycles. The zero-order valence-electron chi connectivity index (χ0n) is 6.93. The van der Waals surface area contributed by atoms with Crippen LogP contribution in [-0.4, -0.2) is 12.8 Å². The Morgan fingerprint density at radius 1 is 1.73 bits per heavy atom. The van der Waals surface area contributed by atoms with Crippen molar-refractivity contribution in [2.24, 2.45) is 4.99 Å². The highest BCUT2D eigenvalue weighted by atomic mass is 14.9. The van der Waals surface area contributed by atoms with Crippen LogP contribution in [0.1, 0.15) is 19.8 Å². The minimum Gasteiger partial charge on any atom is -0.383 e. The van der Waals surface area contributed by atoms with Gasteiger partial charge in [0.2, 0.25) is 0 Å². The quantitative estimate of drug-likeness (QED) is 0.652. The van der Waals surface area contributed by atoms with E-state index >= 15 is 0 Å². The summed E-state index contributed by atoms with van der Waals surface area (Å²) in [4.78, 5) is 4.23. The first-order valence-corrected chi connectivity index (χ1v) is 3.90. The van der Waals surface area contributed by atoms with E-state index in [4.69, 9.17) is 0 Å². The summed E-state index contributed by atoms with van der Waals surface area (Å²) in [7, 11) is 0. The van der Waals surface area contributed by atoms with Gasteiger partial charge in [-0.3, -0.25) is 4.99 Å². The lowest BCUT2D eigenvalue weighted by molar-refractivity contribution is 0.850. The summed E-state index contributed by atoms with van der Waals surface area (Å²) in [6.07, 6.45) is 6.33. The van der Waals surface area contributed by atoms with Crippen LogP contribution in [0.3, 0.4) is 0 Å². The standard InChI is InChI=1S/C9H14N2/c1-8(2)11-7-9-5-3-4-6-10-9/h5-6,11H,1,3-4,7H2,2H3. The van der Waals surface area contributed by atoms with Gasteiger partial charge in [-0.25, -0.2) is 0 Å². The maximum absolute atomic E-state index is 4.23. The van der Waals surface area contributed by atoms with Crippen molar-refractivity contribution in [3.8, 4) is 0 Å². The summed E-state index contributed by atoms with van der Waals surface area (Å²) < 4.78 is 0. The van der Waals surface area contributed by atoms with Crippen molar-refractivity contribution in [1.82, 2.24) is 5.32 Å². The van der Waals surface area contributed by atoms with Gasteiger partial charge in [-0.05, 0) is 19.8 Å². The van der Waals surface area contributed by atoms with E-state index in [1.54, 1.807) is 0 Å². The Labute approximate surface area is 67.7 Å². The number of aliphatic imine (C=N–C) groups is 1. The molecule has 1 aliphatic rings. The average molecular weight is 150 g/mol. The van der Waals surface area contributed by atoms with E-state index in [1.807, 2.05) is 13.1 Å². The fourth-order valence-corrected chi connectivity index (χ4v) is 0.918. The van der Waals surface area contributed by atoms with Crippen LogP contribution in [-0.2, 0) is 0 Å². The van der Waals surface area contributed by atoms with Crippen LogP contribution in [0.2, 0.25) is 0 Å². The van der Waals surface area contributed by atoms with E-state index in [0.29, 0.717) is 0 Å². The summed E-state index contributed by atoms with van der Waals surface area (Å²) in [5.74, 6) is 0. The largest absolute Gasteiger partial charge is 0.383 e. The number of nitrogens with one attached hydrogen (secondary N) is 1. The third kappa shape index (κ3) is 3.03. The Bertz CT molecular complexity index is 202. The second-order valence-electron chi connectivity index (χ2n) is 2.72. The SMILES string of the molecule is C=C(C)NCC1=CCCC=N1. The Morgan fingerprint density at radius 2 is 2.55 bits per heavy atom. The molecule has 1 heterocycles. The highest BCUT2D eigenvalue weighted by Gasteiger charge is 1.96. The third-order valence-electron chi connectivity index (χ3n) is 1.50. The Balaban J connectivity index is 2.31. The van der Waals surface area contributed by atoms with Crippen LogP contribution < -0.4 is 5.32 Å². The number of allylic oxidation sites excluding steroid dienone is 2. The van der Waals surface area contributed by atoms with Crippen molar-refractivity contribution < 1.29 is 0 Å². The number of hydrogen-bond donors (Lipinski definition) is 1. The van der Waals surface area contributed by atoms with Crippen molar-refractivity contribution >= 4 is 6.21 Å². The number of nitrogens with zero attached hydrogens (tertiary/aromatic N) is 1. The van der Waals surface area contributed by atoms with Crippen LogP contribution in [0.5, 0.6) is 0 Å². The normalized spacial score (nSPS) is 15.9. The van der Waals surface area contributed by atoms with Crippen molar-refractivity contribution in [3.05, 3.63) is 24.0 Å². The minimum absolute atomic E-state index is 0.811. The molecular weight excluding hydrogens is 136 g/mol. The van der Waals surface area contributed by atoms with E-state index in [9.17, 15) is 0 Å². The monoisotopic (exact) mass is 150 g/mol. The molecule has 11 heavy (non-hydrogen) atoms. The molecule has 0 fully saturated rings. The Hall–Kier alpha value is -1.05. The van der Waals surface area contributed by atoms with E-state index in [0.717, 1.165) is 30.8 Å². The molecule has 0 aromatic carbocycles. The molecule has 1 aliphatic heterocycles. The average Bonchev–Trinajstić information content (AvgIpc) is 2.03. The Morgan fingerprint density at radius 3 is 3.09 bits per heavy atom. The van der Waals surface area contributed by atoms with Crippen LogP contribution in [0, 0.1) is 0 Å². The van der Waals surface area contributed by atoms with E-state index in [2.05, 4.69) is 23.0 Å². The topological polar surface area (TPSA) is 24.4 Å². The zero-order valence-corrected chi connectivity index (χ0v) is 6.93. The molecule has 1 rings (SSSR count). The predicted molar refractivity (Wildman–Crippen MR) is 48.6 cm³/mol. The van der Waals surface area contributed by atoms with Crippen molar-refractivity contribution in [2.75, 3.05) is 6.54 Å². The molecule has 0 aromatic heterocycles. The lowest BCUT2D eigenvalue weighted by Gasteiger charge is -2.07. The molecule has 60 valence electrons. The highest BCUT2D eigenvalue weighted by molar-refractivity contribution is 5.60. The second-order valence-corrected chi connectivity index (χ2v) is 2.72. The molecular formula is C9H14N2. The summed E-state index contributed by atoms with van der Waals surface area (Å²) in [5.41, 5.74) is 2.12. The van der Waals surface area contributed by atoms with Crippen molar-refractivity contribution in [3.63, 3.8) is 0 Å². The van der Waals surface area contributed by atoms with Crippen LogP contribution in [0.25, 0.3) is 0 Å². The second kappa shape index (κ2) is 3.96. The molecule has 0 amide bonds. The van der Waals surface area contributed by atoms with Crippen molar-refractivity contribution in [2.45, 2.75) is 19.8 Å². The molecule has 0 aliphatic carbocycles. The van der Waals surface area contributed by atoms with Gasteiger partial charge in [-0.2, -0.15) is 0 Å². The summed E-state index contributed by atoms with van der Waals surface area (Å²) >= 11 is 0. The number of rotatable bonds is 3. The highest BCUT2D eigenvalue weighted by Crippen LogP contribution is 2.04. The minimum atomic E-state index is 0.811. The predicted octanol–water partition coefficient (Wildman–Crippen LogP) is 1.86. The van der Waals surface area contributed by atoms with Gasteiger partial charge in [0.05, 0.1) is 12.2 Å². The van der Waals surface area contributed by atoms with Crippen LogP contribution in [0.15, 0.2) is 29.0 Å².